The molecule has 0 unspecified atom stereocenters. The molecule has 5 nitrogen and oxygen atoms in total. The van der Waals surface area contributed by atoms with Crippen molar-refractivity contribution in [2.24, 2.45) is 10.8 Å². The number of rotatable bonds is 4. The highest BCUT2D eigenvalue weighted by molar-refractivity contribution is 5.80. The van der Waals surface area contributed by atoms with Crippen LogP contribution in [0, 0.1) is 10.8 Å². The number of piperidine rings is 1. The van der Waals surface area contributed by atoms with Crippen LogP contribution in [0.2, 0.25) is 0 Å². The second-order valence-corrected chi connectivity index (χ2v) is 6.79. The second kappa shape index (κ2) is 5.26. The van der Waals surface area contributed by atoms with E-state index in [9.17, 15) is 9.59 Å². The van der Waals surface area contributed by atoms with Crippen molar-refractivity contribution in [2.45, 2.75) is 47.0 Å². The van der Waals surface area contributed by atoms with Gasteiger partial charge in [-0.3, -0.25) is 15.0 Å². The Labute approximate surface area is 109 Å². The Balaban J connectivity index is 2.51. The summed E-state index contributed by atoms with van der Waals surface area (Å²) in [6, 6.07) is 0. The molecule has 1 aliphatic heterocycles. The zero-order valence-electron chi connectivity index (χ0n) is 11.7. The van der Waals surface area contributed by atoms with Gasteiger partial charge in [0.15, 0.2) is 0 Å². The lowest BCUT2D eigenvalue weighted by Crippen LogP contribution is -2.55. The van der Waals surface area contributed by atoms with Crippen LogP contribution < -0.4 is 5.43 Å². The maximum absolute atomic E-state index is 11.6. The molecule has 0 aromatic carbocycles. The van der Waals surface area contributed by atoms with Gasteiger partial charge >= 0.3 is 5.97 Å². The minimum Gasteiger partial charge on any atom is -0.481 e. The summed E-state index contributed by atoms with van der Waals surface area (Å²) in [7, 11) is 0. The molecular formula is C13H24N2O3. The molecule has 1 heterocycles. The van der Waals surface area contributed by atoms with Crippen molar-refractivity contribution in [1.82, 2.24) is 10.4 Å². The lowest BCUT2D eigenvalue weighted by atomic mass is 9.72. The highest BCUT2D eigenvalue weighted by Crippen LogP contribution is 2.38. The van der Waals surface area contributed by atoms with Gasteiger partial charge in [-0.15, -0.1) is 0 Å². The third-order valence-corrected chi connectivity index (χ3v) is 3.04. The minimum atomic E-state index is -0.940. The Hall–Kier alpha value is -1.10. The number of nitrogens with one attached hydrogen (secondary N) is 1. The molecule has 18 heavy (non-hydrogen) atoms. The highest BCUT2D eigenvalue weighted by atomic mass is 16.4. The van der Waals surface area contributed by atoms with Crippen LogP contribution in [0.1, 0.15) is 47.0 Å². The van der Waals surface area contributed by atoms with Crippen molar-refractivity contribution in [3.05, 3.63) is 0 Å². The van der Waals surface area contributed by atoms with Crippen LogP contribution in [-0.4, -0.2) is 35.1 Å². The van der Waals surface area contributed by atoms with E-state index < -0.39 is 5.97 Å². The summed E-state index contributed by atoms with van der Waals surface area (Å²) in [6.07, 6.45) is 1.03. The van der Waals surface area contributed by atoms with Crippen LogP contribution in [0.15, 0.2) is 0 Å². The molecule has 0 aromatic rings. The smallest absolute Gasteiger partial charge is 0.303 e. The number of amides is 1. The van der Waals surface area contributed by atoms with Crippen molar-refractivity contribution in [1.29, 1.82) is 0 Å². The first-order valence-corrected chi connectivity index (χ1v) is 6.36. The van der Waals surface area contributed by atoms with Gasteiger partial charge in [-0.05, 0) is 17.3 Å². The molecule has 5 heteroatoms. The first kappa shape index (κ1) is 15.0. The molecule has 0 saturated carbocycles. The fraction of sp³-hybridized carbons (Fsp3) is 0.846. The van der Waals surface area contributed by atoms with Gasteiger partial charge in [0.05, 0.1) is 6.42 Å². The standard InChI is InChI=1S/C13H24N2O3/c1-12(2)7-13(3,4)9-15(8-12)14-10(16)5-6-11(17)18/h5-9H2,1-4H3,(H,14,16)(H,17,18). The van der Waals surface area contributed by atoms with Gasteiger partial charge in [0.1, 0.15) is 0 Å². The van der Waals surface area contributed by atoms with Crippen molar-refractivity contribution >= 4 is 11.9 Å². The molecule has 0 atom stereocenters. The minimum absolute atomic E-state index is 0.0344. The molecule has 0 spiro atoms. The molecule has 0 radical (unpaired) electrons. The fourth-order valence-electron chi connectivity index (χ4n) is 3.03. The molecule has 1 rings (SSSR count). The van der Waals surface area contributed by atoms with Gasteiger partial charge in [0, 0.05) is 19.5 Å². The molecule has 1 fully saturated rings. The Kier molecular flexibility index (Phi) is 4.37. The maximum Gasteiger partial charge on any atom is 0.303 e. The second-order valence-electron chi connectivity index (χ2n) is 6.79. The summed E-state index contributed by atoms with van der Waals surface area (Å²) in [5.41, 5.74) is 3.13. The Morgan fingerprint density at radius 3 is 2.06 bits per heavy atom. The normalized spacial score (nSPS) is 22.4. The zero-order chi connectivity index (χ0) is 14.0. The summed E-state index contributed by atoms with van der Waals surface area (Å²) >= 11 is 0. The molecule has 1 aliphatic rings. The van der Waals surface area contributed by atoms with E-state index in [0.29, 0.717) is 0 Å². The van der Waals surface area contributed by atoms with Gasteiger partial charge in [0.25, 0.3) is 0 Å². The predicted molar refractivity (Wildman–Crippen MR) is 68.8 cm³/mol. The van der Waals surface area contributed by atoms with Gasteiger partial charge < -0.3 is 5.11 Å². The van der Waals surface area contributed by atoms with Crippen LogP contribution in [0.3, 0.4) is 0 Å². The number of aliphatic carboxylic acids is 1. The Bertz CT molecular complexity index is 321. The van der Waals surface area contributed by atoms with E-state index in [1.54, 1.807) is 0 Å². The van der Waals surface area contributed by atoms with Crippen LogP contribution in [-0.2, 0) is 9.59 Å². The summed E-state index contributed by atoms with van der Waals surface area (Å²) in [5, 5.41) is 10.5. The van der Waals surface area contributed by atoms with Gasteiger partial charge in [-0.25, -0.2) is 5.01 Å². The van der Waals surface area contributed by atoms with Crippen LogP contribution in [0.5, 0.6) is 0 Å². The number of hydrogen-bond acceptors (Lipinski definition) is 3. The third kappa shape index (κ3) is 5.04. The highest BCUT2D eigenvalue weighted by Gasteiger charge is 2.37. The number of carboxylic acid groups (broad SMARTS) is 1. The SMILES string of the molecule is CC1(C)CN(NC(=O)CCC(=O)O)CC(C)(C)C1. The maximum atomic E-state index is 11.6. The van der Waals surface area contributed by atoms with Crippen molar-refractivity contribution in [3.8, 4) is 0 Å². The lowest BCUT2D eigenvalue weighted by molar-refractivity contribution is -0.140. The van der Waals surface area contributed by atoms with E-state index in [4.69, 9.17) is 5.11 Å². The van der Waals surface area contributed by atoms with E-state index in [0.717, 1.165) is 19.5 Å². The third-order valence-electron chi connectivity index (χ3n) is 3.04. The van der Waals surface area contributed by atoms with E-state index in [-0.39, 0.29) is 29.6 Å². The zero-order valence-corrected chi connectivity index (χ0v) is 11.7. The van der Waals surface area contributed by atoms with E-state index in [2.05, 4.69) is 33.1 Å². The van der Waals surface area contributed by atoms with E-state index in [1.165, 1.54) is 0 Å². The number of carbonyl (C=O) groups is 2. The Morgan fingerprint density at radius 1 is 1.11 bits per heavy atom. The molecule has 1 saturated heterocycles. The lowest BCUT2D eigenvalue weighted by Gasteiger charge is -2.46. The molecule has 1 amide bonds. The molecule has 0 aromatic heterocycles. The average molecular weight is 256 g/mol. The average Bonchev–Trinajstić information content (AvgIpc) is 2.09. The number of nitrogens with zero attached hydrogens (tertiary/aromatic N) is 1. The number of hydrogen-bond donors (Lipinski definition) is 2. The predicted octanol–water partition coefficient (Wildman–Crippen LogP) is 1.64. The summed E-state index contributed by atoms with van der Waals surface area (Å²) < 4.78 is 0. The quantitative estimate of drug-likeness (QED) is 0.802. The van der Waals surface area contributed by atoms with Crippen molar-refractivity contribution in [2.75, 3.05) is 13.1 Å². The molecular weight excluding hydrogens is 232 g/mol. The van der Waals surface area contributed by atoms with Crippen molar-refractivity contribution in [3.63, 3.8) is 0 Å². The summed E-state index contributed by atoms with van der Waals surface area (Å²) in [4.78, 5) is 22.0. The molecule has 2 N–H and O–H groups in total. The van der Waals surface area contributed by atoms with E-state index >= 15 is 0 Å². The van der Waals surface area contributed by atoms with Crippen molar-refractivity contribution < 1.29 is 14.7 Å². The van der Waals surface area contributed by atoms with Crippen LogP contribution >= 0.6 is 0 Å². The summed E-state index contributed by atoms with van der Waals surface area (Å²) in [5.74, 6) is -1.16. The molecule has 104 valence electrons. The number of carbonyl (C=O) groups excluding carboxylic acids is 1. The van der Waals surface area contributed by atoms with Crippen LogP contribution in [0.4, 0.5) is 0 Å². The summed E-state index contributed by atoms with van der Waals surface area (Å²) in [6.45, 7) is 10.3. The van der Waals surface area contributed by atoms with Gasteiger partial charge in [0.2, 0.25) is 5.91 Å². The number of carboxylic acids is 1. The molecule has 0 aliphatic carbocycles. The monoisotopic (exact) mass is 256 g/mol. The first-order valence-electron chi connectivity index (χ1n) is 6.36. The number of hydrazine groups is 1. The molecule has 0 bridgehead atoms. The fourth-order valence-corrected chi connectivity index (χ4v) is 3.03. The van der Waals surface area contributed by atoms with Gasteiger partial charge in [-0.1, -0.05) is 27.7 Å². The first-order chi connectivity index (χ1) is 8.10. The van der Waals surface area contributed by atoms with E-state index in [1.807, 2.05) is 5.01 Å². The topological polar surface area (TPSA) is 69.6 Å². The Morgan fingerprint density at radius 2 is 1.61 bits per heavy atom. The van der Waals surface area contributed by atoms with Crippen LogP contribution in [0.25, 0.3) is 0 Å². The van der Waals surface area contributed by atoms with Gasteiger partial charge in [-0.2, -0.15) is 0 Å². The largest absolute Gasteiger partial charge is 0.481 e.